The van der Waals surface area contributed by atoms with E-state index in [4.69, 9.17) is 0 Å². The molecule has 1 atom stereocenters. The highest BCUT2D eigenvalue weighted by Crippen LogP contribution is 2.10. The van der Waals surface area contributed by atoms with Gasteiger partial charge >= 0.3 is 0 Å². The third-order valence-corrected chi connectivity index (χ3v) is 4.46. The number of anilines is 1. The van der Waals surface area contributed by atoms with Crippen LogP contribution in [0.1, 0.15) is 20.3 Å². The lowest BCUT2D eigenvalue weighted by Gasteiger charge is -2.19. The maximum atomic E-state index is 12.1. The molecule has 0 aliphatic rings. The Morgan fingerprint density at radius 3 is 2.55 bits per heavy atom. The first-order valence-electron chi connectivity index (χ1n) is 6.73. The lowest BCUT2D eigenvalue weighted by Crippen LogP contribution is -2.38. The maximum Gasteiger partial charge on any atom is 0.242 e. The van der Waals surface area contributed by atoms with Crippen molar-refractivity contribution in [2.24, 2.45) is 0 Å². The van der Waals surface area contributed by atoms with Gasteiger partial charge in [-0.15, -0.1) is 0 Å². The molecule has 1 heterocycles. The van der Waals surface area contributed by atoms with Gasteiger partial charge in [-0.05, 0) is 39.6 Å². The number of nitrogens with one attached hydrogen (secondary N) is 2. The summed E-state index contributed by atoms with van der Waals surface area (Å²) in [4.78, 5) is 6.25. The average Bonchev–Trinajstić information content (AvgIpc) is 2.43. The lowest BCUT2D eigenvalue weighted by molar-refractivity contribution is 0.314. The van der Waals surface area contributed by atoms with Crippen LogP contribution in [0.25, 0.3) is 0 Å². The first kappa shape index (κ1) is 16.9. The Hall–Kier alpha value is -1.18. The third-order valence-electron chi connectivity index (χ3n) is 3.05. The average molecular weight is 300 g/mol. The molecular weight excluding hydrogens is 276 g/mol. The number of rotatable bonds is 8. The fourth-order valence-electron chi connectivity index (χ4n) is 1.39. The summed E-state index contributed by atoms with van der Waals surface area (Å²) >= 11 is 0. The van der Waals surface area contributed by atoms with Gasteiger partial charge in [-0.2, -0.15) is 0 Å². The highest BCUT2D eigenvalue weighted by atomic mass is 32.2. The predicted molar refractivity (Wildman–Crippen MR) is 81.4 cm³/mol. The number of sulfonamides is 1. The van der Waals surface area contributed by atoms with Crippen LogP contribution >= 0.6 is 0 Å². The van der Waals surface area contributed by atoms with Gasteiger partial charge in [0.15, 0.2) is 0 Å². The van der Waals surface area contributed by atoms with Gasteiger partial charge in [0, 0.05) is 25.3 Å². The van der Waals surface area contributed by atoms with Crippen molar-refractivity contribution in [1.29, 1.82) is 0 Å². The van der Waals surface area contributed by atoms with Crippen LogP contribution < -0.4 is 10.0 Å². The largest absolute Gasteiger partial charge is 0.370 e. The van der Waals surface area contributed by atoms with Gasteiger partial charge in [-0.1, -0.05) is 6.92 Å². The van der Waals surface area contributed by atoms with E-state index in [9.17, 15) is 8.42 Å². The van der Waals surface area contributed by atoms with Crippen LogP contribution in [0.3, 0.4) is 0 Å². The number of pyridine rings is 1. The van der Waals surface area contributed by atoms with E-state index in [1.807, 2.05) is 25.9 Å². The van der Waals surface area contributed by atoms with E-state index < -0.39 is 10.0 Å². The standard InChI is InChI=1S/C13H24N4O2S/c1-5-8-14-13-7-6-12(10-15-13)20(18,19)16-9-11(2)17(3)4/h6-7,10-11,16H,5,8-9H2,1-4H3,(H,14,15). The molecule has 0 radical (unpaired) electrons. The van der Waals surface area contributed by atoms with E-state index in [-0.39, 0.29) is 10.9 Å². The van der Waals surface area contributed by atoms with Gasteiger partial charge in [0.25, 0.3) is 0 Å². The maximum absolute atomic E-state index is 12.1. The van der Waals surface area contributed by atoms with E-state index >= 15 is 0 Å². The van der Waals surface area contributed by atoms with E-state index in [1.54, 1.807) is 12.1 Å². The fraction of sp³-hybridized carbons (Fsp3) is 0.615. The molecular formula is C13H24N4O2S. The summed E-state index contributed by atoms with van der Waals surface area (Å²) in [7, 11) is 0.330. The SMILES string of the molecule is CCCNc1ccc(S(=O)(=O)NCC(C)N(C)C)cn1. The molecule has 0 amide bonds. The molecule has 1 aromatic rings. The molecule has 0 spiro atoms. The summed E-state index contributed by atoms with van der Waals surface area (Å²) in [6, 6.07) is 3.37. The molecule has 0 saturated heterocycles. The highest BCUT2D eigenvalue weighted by molar-refractivity contribution is 7.89. The molecule has 1 unspecified atom stereocenters. The topological polar surface area (TPSA) is 74.3 Å². The summed E-state index contributed by atoms with van der Waals surface area (Å²) in [5, 5.41) is 3.11. The quantitative estimate of drug-likeness (QED) is 0.753. The number of likely N-dealkylation sites (N-methyl/N-ethyl adjacent to an activating group) is 1. The number of aromatic nitrogens is 1. The van der Waals surface area contributed by atoms with Crippen molar-refractivity contribution in [2.45, 2.75) is 31.2 Å². The summed E-state index contributed by atoms with van der Waals surface area (Å²) in [5.41, 5.74) is 0. The van der Waals surface area contributed by atoms with E-state index in [0.29, 0.717) is 12.4 Å². The summed E-state index contributed by atoms with van der Waals surface area (Å²) < 4.78 is 26.8. The summed E-state index contributed by atoms with van der Waals surface area (Å²) in [5.74, 6) is 0.687. The zero-order chi connectivity index (χ0) is 15.2. The van der Waals surface area contributed by atoms with Gasteiger partial charge in [0.1, 0.15) is 10.7 Å². The monoisotopic (exact) mass is 300 g/mol. The van der Waals surface area contributed by atoms with Crippen molar-refractivity contribution in [2.75, 3.05) is 32.5 Å². The summed E-state index contributed by atoms with van der Waals surface area (Å²) in [6.45, 7) is 5.20. The second-order valence-electron chi connectivity index (χ2n) is 4.97. The molecule has 0 aliphatic heterocycles. The number of hydrogen-bond donors (Lipinski definition) is 2. The van der Waals surface area contributed by atoms with Crippen molar-refractivity contribution in [3.8, 4) is 0 Å². The van der Waals surface area contributed by atoms with Gasteiger partial charge in [-0.3, -0.25) is 0 Å². The Kier molecular flexibility index (Phi) is 6.38. The smallest absolute Gasteiger partial charge is 0.242 e. The molecule has 0 fully saturated rings. The number of hydrogen-bond acceptors (Lipinski definition) is 5. The van der Waals surface area contributed by atoms with Crippen molar-refractivity contribution >= 4 is 15.8 Å². The van der Waals surface area contributed by atoms with Crippen LogP contribution in [0.4, 0.5) is 5.82 Å². The Morgan fingerprint density at radius 1 is 1.35 bits per heavy atom. The third kappa shape index (κ3) is 5.07. The van der Waals surface area contributed by atoms with Gasteiger partial charge in [0.2, 0.25) is 10.0 Å². The first-order valence-corrected chi connectivity index (χ1v) is 8.21. The van der Waals surface area contributed by atoms with Crippen molar-refractivity contribution in [3.05, 3.63) is 18.3 Å². The van der Waals surface area contributed by atoms with E-state index in [1.165, 1.54) is 6.20 Å². The van der Waals surface area contributed by atoms with Crippen LogP contribution in [0.5, 0.6) is 0 Å². The van der Waals surface area contributed by atoms with E-state index in [2.05, 4.69) is 21.9 Å². The molecule has 6 nitrogen and oxygen atoms in total. The van der Waals surface area contributed by atoms with Gasteiger partial charge in [0.05, 0.1) is 0 Å². The molecule has 1 aromatic heterocycles. The molecule has 0 aliphatic carbocycles. The van der Waals surface area contributed by atoms with Crippen LogP contribution in [0, 0.1) is 0 Å². The van der Waals surface area contributed by atoms with Crippen LogP contribution in [-0.2, 0) is 10.0 Å². The summed E-state index contributed by atoms with van der Waals surface area (Å²) in [6.07, 6.45) is 2.37. The Bertz CT molecular complexity index is 500. The van der Waals surface area contributed by atoms with Crippen LogP contribution in [-0.4, -0.2) is 51.5 Å². The Labute approximate surface area is 121 Å². The molecule has 0 aromatic carbocycles. The molecule has 0 saturated carbocycles. The first-order chi connectivity index (χ1) is 9.36. The second kappa shape index (κ2) is 7.56. The second-order valence-corrected chi connectivity index (χ2v) is 6.74. The molecule has 7 heteroatoms. The Balaban J connectivity index is 2.68. The van der Waals surface area contributed by atoms with Crippen LogP contribution in [0.2, 0.25) is 0 Å². The normalized spacial score (nSPS) is 13.4. The number of nitrogens with zero attached hydrogens (tertiary/aromatic N) is 2. The fourth-order valence-corrected chi connectivity index (χ4v) is 2.46. The molecule has 0 bridgehead atoms. The van der Waals surface area contributed by atoms with E-state index in [0.717, 1.165) is 13.0 Å². The minimum Gasteiger partial charge on any atom is -0.370 e. The highest BCUT2D eigenvalue weighted by Gasteiger charge is 2.16. The molecule has 114 valence electrons. The Morgan fingerprint density at radius 2 is 2.05 bits per heavy atom. The minimum absolute atomic E-state index is 0.128. The van der Waals surface area contributed by atoms with Crippen molar-refractivity contribution in [1.82, 2.24) is 14.6 Å². The van der Waals surface area contributed by atoms with Crippen molar-refractivity contribution < 1.29 is 8.42 Å². The molecule has 1 rings (SSSR count). The van der Waals surface area contributed by atoms with Crippen molar-refractivity contribution in [3.63, 3.8) is 0 Å². The molecule has 2 N–H and O–H groups in total. The lowest BCUT2D eigenvalue weighted by atomic mass is 10.3. The van der Waals surface area contributed by atoms with Gasteiger partial charge < -0.3 is 10.2 Å². The molecule has 20 heavy (non-hydrogen) atoms. The van der Waals surface area contributed by atoms with Gasteiger partial charge in [-0.25, -0.2) is 18.1 Å². The zero-order valence-electron chi connectivity index (χ0n) is 12.5. The predicted octanol–water partition coefficient (Wildman–Crippen LogP) is 1.13. The minimum atomic E-state index is -3.49. The zero-order valence-corrected chi connectivity index (χ0v) is 13.4. The van der Waals surface area contributed by atoms with Crippen LogP contribution in [0.15, 0.2) is 23.2 Å².